The summed E-state index contributed by atoms with van der Waals surface area (Å²) >= 11 is 3.87. The molecule has 0 saturated heterocycles. The van der Waals surface area contributed by atoms with Crippen LogP contribution in [0.25, 0.3) is 10.8 Å². The molecule has 1 heterocycles. The zero-order valence-corrected chi connectivity index (χ0v) is 14.6. The first-order valence-electron chi connectivity index (χ1n) is 6.97. The molecule has 2 nitrogen and oxygen atoms in total. The molecular weight excluding hydrogens is 405 g/mol. The van der Waals surface area contributed by atoms with Gasteiger partial charge in [-0.1, -0.05) is 76.8 Å². The maximum Gasteiger partial charge on any atom is 0.241 e. The molecule has 1 aliphatic rings. The molecule has 0 aromatic heterocycles. The second kappa shape index (κ2) is 5.59. The van der Waals surface area contributed by atoms with Crippen molar-refractivity contribution in [3.8, 4) is 0 Å². The van der Waals surface area contributed by atoms with Crippen molar-refractivity contribution < 1.29 is 4.79 Å². The number of alkyl halides is 1. The lowest BCUT2D eigenvalue weighted by Crippen LogP contribution is -2.29. The number of anilines is 2. The number of carbonyl (C=O) groups excluding carboxylic acids is 1. The predicted octanol–water partition coefficient (Wildman–Crippen LogP) is 5.40. The van der Waals surface area contributed by atoms with E-state index < -0.39 is 0 Å². The zero-order chi connectivity index (χ0) is 15.1. The Hall–Kier alpha value is -1.53. The highest BCUT2D eigenvalue weighted by atomic mass is 127. The Labute approximate surface area is 146 Å². The van der Waals surface area contributed by atoms with Gasteiger partial charge in [0.05, 0.1) is 15.8 Å². The Morgan fingerprint density at radius 1 is 0.955 bits per heavy atom. The van der Waals surface area contributed by atoms with E-state index in [1.165, 1.54) is 0 Å². The van der Waals surface area contributed by atoms with Gasteiger partial charge in [0.25, 0.3) is 0 Å². The van der Waals surface area contributed by atoms with Gasteiger partial charge in [0.1, 0.15) is 0 Å². The van der Waals surface area contributed by atoms with Crippen molar-refractivity contribution in [2.45, 2.75) is 9.79 Å². The standard InChI is InChI=1S/C18H12INOS/c19-11-17(21)20-14-7-3-4-8-15(14)22-16-10-9-12-5-1-2-6-13(12)18(16)20/h1-10H,11H2. The highest BCUT2D eigenvalue weighted by Gasteiger charge is 2.28. The van der Waals surface area contributed by atoms with Crippen LogP contribution in [0.15, 0.2) is 70.5 Å². The lowest BCUT2D eigenvalue weighted by atomic mass is 10.1. The zero-order valence-electron chi connectivity index (χ0n) is 11.6. The quantitative estimate of drug-likeness (QED) is 0.390. The van der Waals surface area contributed by atoms with Crippen molar-refractivity contribution in [3.63, 3.8) is 0 Å². The molecule has 0 radical (unpaired) electrons. The van der Waals surface area contributed by atoms with Gasteiger partial charge in [0.2, 0.25) is 5.91 Å². The van der Waals surface area contributed by atoms with Crippen molar-refractivity contribution in [2.75, 3.05) is 9.33 Å². The molecule has 22 heavy (non-hydrogen) atoms. The summed E-state index contributed by atoms with van der Waals surface area (Å²) in [5, 5.41) is 2.28. The summed E-state index contributed by atoms with van der Waals surface area (Å²) in [7, 11) is 0. The molecule has 0 saturated carbocycles. The maximum absolute atomic E-state index is 12.6. The molecule has 0 atom stereocenters. The lowest BCUT2D eigenvalue weighted by Gasteiger charge is -2.31. The van der Waals surface area contributed by atoms with E-state index in [9.17, 15) is 4.79 Å². The highest BCUT2D eigenvalue weighted by molar-refractivity contribution is 14.1. The van der Waals surface area contributed by atoms with Crippen LogP contribution in [-0.4, -0.2) is 10.3 Å². The second-order valence-electron chi connectivity index (χ2n) is 5.07. The molecule has 0 spiro atoms. The van der Waals surface area contributed by atoms with Crippen molar-refractivity contribution in [2.24, 2.45) is 0 Å². The number of rotatable bonds is 1. The average Bonchev–Trinajstić information content (AvgIpc) is 2.59. The summed E-state index contributed by atoms with van der Waals surface area (Å²) < 4.78 is 0.458. The van der Waals surface area contributed by atoms with Crippen molar-refractivity contribution in [1.29, 1.82) is 0 Å². The van der Waals surface area contributed by atoms with Gasteiger partial charge in [0, 0.05) is 15.2 Å². The number of para-hydroxylation sites is 1. The van der Waals surface area contributed by atoms with Gasteiger partial charge in [-0.15, -0.1) is 0 Å². The molecule has 0 bridgehead atoms. The minimum Gasteiger partial charge on any atom is -0.277 e. The molecule has 0 aliphatic carbocycles. The summed E-state index contributed by atoms with van der Waals surface area (Å²) in [5.74, 6) is 0.117. The van der Waals surface area contributed by atoms with Crippen molar-refractivity contribution in [3.05, 3.63) is 60.7 Å². The highest BCUT2D eigenvalue weighted by Crippen LogP contribution is 2.50. The van der Waals surface area contributed by atoms with Gasteiger partial charge in [-0.3, -0.25) is 9.69 Å². The largest absolute Gasteiger partial charge is 0.277 e. The monoisotopic (exact) mass is 417 g/mol. The number of hydrogen-bond donors (Lipinski definition) is 0. The summed E-state index contributed by atoms with van der Waals surface area (Å²) in [6.07, 6.45) is 0. The summed E-state index contributed by atoms with van der Waals surface area (Å²) in [4.78, 5) is 16.8. The van der Waals surface area contributed by atoms with Gasteiger partial charge >= 0.3 is 0 Å². The fraction of sp³-hybridized carbons (Fsp3) is 0.0556. The van der Waals surface area contributed by atoms with E-state index in [1.54, 1.807) is 11.8 Å². The van der Waals surface area contributed by atoms with Crippen LogP contribution < -0.4 is 4.90 Å². The van der Waals surface area contributed by atoms with E-state index >= 15 is 0 Å². The molecular formula is C18H12INOS. The number of amides is 1. The van der Waals surface area contributed by atoms with E-state index in [4.69, 9.17) is 0 Å². The Kier molecular flexibility index (Phi) is 3.58. The average molecular weight is 417 g/mol. The first-order valence-corrected chi connectivity index (χ1v) is 9.31. The number of nitrogens with zero attached hydrogens (tertiary/aromatic N) is 1. The Morgan fingerprint density at radius 2 is 1.73 bits per heavy atom. The first-order chi connectivity index (χ1) is 10.8. The molecule has 3 aromatic carbocycles. The van der Waals surface area contributed by atoms with Gasteiger partial charge in [-0.25, -0.2) is 0 Å². The molecule has 3 aromatic rings. The van der Waals surface area contributed by atoms with Gasteiger partial charge in [-0.05, 0) is 23.6 Å². The van der Waals surface area contributed by atoms with E-state index in [1.807, 2.05) is 35.2 Å². The summed E-state index contributed by atoms with van der Waals surface area (Å²) in [6.45, 7) is 0. The number of carbonyl (C=O) groups is 1. The molecule has 4 heteroatoms. The van der Waals surface area contributed by atoms with Crippen molar-refractivity contribution >= 4 is 62.4 Å². The van der Waals surface area contributed by atoms with E-state index in [0.717, 1.165) is 31.9 Å². The first kappa shape index (κ1) is 14.1. The minimum absolute atomic E-state index is 0.117. The molecule has 0 fully saturated rings. The Morgan fingerprint density at radius 3 is 2.59 bits per heavy atom. The topological polar surface area (TPSA) is 20.3 Å². The molecule has 108 valence electrons. The van der Waals surface area contributed by atoms with Crippen LogP contribution in [0.2, 0.25) is 0 Å². The van der Waals surface area contributed by atoms with Crippen LogP contribution in [-0.2, 0) is 4.79 Å². The molecule has 1 aliphatic heterocycles. The van der Waals surface area contributed by atoms with Crippen LogP contribution >= 0.6 is 34.4 Å². The van der Waals surface area contributed by atoms with E-state index in [-0.39, 0.29) is 5.91 Å². The number of halogens is 1. The predicted molar refractivity (Wildman–Crippen MR) is 101 cm³/mol. The minimum atomic E-state index is 0.117. The SMILES string of the molecule is O=C(CI)N1c2ccccc2Sc2ccc3ccccc3c21. The van der Waals surface area contributed by atoms with Crippen LogP contribution in [0.4, 0.5) is 11.4 Å². The fourth-order valence-corrected chi connectivity index (χ4v) is 4.26. The molecule has 0 N–H and O–H groups in total. The lowest BCUT2D eigenvalue weighted by molar-refractivity contribution is -0.115. The number of benzene rings is 3. The molecule has 4 rings (SSSR count). The van der Waals surface area contributed by atoms with Crippen LogP contribution in [0.1, 0.15) is 0 Å². The maximum atomic E-state index is 12.6. The van der Waals surface area contributed by atoms with Crippen molar-refractivity contribution in [1.82, 2.24) is 0 Å². The second-order valence-corrected chi connectivity index (χ2v) is 6.91. The smallest absolute Gasteiger partial charge is 0.241 e. The normalized spacial score (nSPS) is 12.9. The fourth-order valence-electron chi connectivity index (χ4n) is 2.83. The van der Waals surface area contributed by atoms with Crippen LogP contribution in [0.3, 0.4) is 0 Å². The summed E-state index contributed by atoms with van der Waals surface area (Å²) in [6, 6.07) is 20.6. The van der Waals surface area contributed by atoms with Gasteiger partial charge in [0.15, 0.2) is 0 Å². The van der Waals surface area contributed by atoms with Crippen LogP contribution in [0.5, 0.6) is 0 Å². The summed E-state index contributed by atoms with van der Waals surface area (Å²) in [5.41, 5.74) is 2.00. The van der Waals surface area contributed by atoms with E-state index in [0.29, 0.717) is 4.43 Å². The third kappa shape index (κ3) is 2.13. The third-order valence-corrected chi connectivity index (χ3v) is 5.54. The Balaban J connectivity index is 2.05. The Bertz CT molecular complexity index is 893. The number of hydrogen-bond acceptors (Lipinski definition) is 2. The van der Waals surface area contributed by atoms with E-state index in [2.05, 4.69) is 52.9 Å². The number of fused-ring (bicyclic) bond motifs is 4. The van der Waals surface area contributed by atoms with Gasteiger partial charge in [-0.2, -0.15) is 0 Å². The third-order valence-electron chi connectivity index (χ3n) is 3.78. The molecule has 1 amide bonds. The van der Waals surface area contributed by atoms with Crippen LogP contribution in [0, 0.1) is 0 Å². The van der Waals surface area contributed by atoms with Gasteiger partial charge < -0.3 is 0 Å². The molecule has 0 unspecified atom stereocenters.